The van der Waals surface area contributed by atoms with E-state index in [1.165, 1.54) is 0 Å². The van der Waals surface area contributed by atoms with Gasteiger partial charge in [-0.1, -0.05) is 13.2 Å². The van der Waals surface area contributed by atoms with Gasteiger partial charge in [0.05, 0.1) is 6.61 Å². The highest BCUT2D eigenvalue weighted by Gasteiger charge is 2.24. The number of epoxide rings is 1. The standard InChI is InChI=1S/C7H10O3.C6H9NO/c1-5(2)7(8)10-4-6-3-9-6;1-2-7-5-3-4-6(7)8/h6H,1,3-4H2,2H3;2H,1,3-5H2. The van der Waals surface area contributed by atoms with Gasteiger partial charge in [-0.15, -0.1) is 0 Å². The van der Waals surface area contributed by atoms with Crippen LogP contribution in [0.5, 0.6) is 0 Å². The molecule has 0 bridgehead atoms. The van der Waals surface area contributed by atoms with Crippen molar-refractivity contribution in [3.8, 4) is 0 Å². The van der Waals surface area contributed by atoms with Crippen LogP contribution in [0.25, 0.3) is 0 Å². The largest absolute Gasteiger partial charge is 0.459 e. The molecule has 0 N–H and O–H groups in total. The minimum absolute atomic E-state index is 0.142. The second-order valence-corrected chi connectivity index (χ2v) is 4.21. The Labute approximate surface area is 107 Å². The molecule has 1 unspecified atom stereocenters. The molecule has 0 aromatic heterocycles. The molecule has 2 aliphatic heterocycles. The quantitative estimate of drug-likeness (QED) is 0.430. The van der Waals surface area contributed by atoms with Crippen LogP contribution in [0.15, 0.2) is 24.9 Å². The number of hydrogen-bond donors (Lipinski definition) is 0. The summed E-state index contributed by atoms with van der Waals surface area (Å²) in [5.41, 5.74) is 0.431. The molecule has 5 nitrogen and oxygen atoms in total. The summed E-state index contributed by atoms with van der Waals surface area (Å²) in [5, 5.41) is 0. The van der Waals surface area contributed by atoms with Gasteiger partial charge in [0, 0.05) is 18.5 Å². The molecule has 0 radical (unpaired) electrons. The molecule has 5 heteroatoms. The van der Waals surface area contributed by atoms with E-state index < -0.39 is 0 Å². The number of carbonyl (C=O) groups excluding carboxylic acids is 2. The Morgan fingerprint density at radius 2 is 2.33 bits per heavy atom. The van der Waals surface area contributed by atoms with Crippen LogP contribution >= 0.6 is 0 Å². The zero-order chi connectivity index (χ0) is 13.5. The number of esters is 1. The monoisotopic (exact) mass is 253 g/mol. The van der Waals surface area contributed by atoms with E-state index in [0.29, 0.717) is 25.2 Å². The van der Waals surface area contributed by atoms with Crippen molar-refractivity contribution in [3.63, 3.8) is 0 Å². The molecule has 0 saturated carbocycles. The highest BCUT2D eigenvalue weighted by Crippen LogP contribution is 2.09. The summed E-state index contributed by atoms with van der Waals surface area (Å²) in [4.78, 5) is 23.0. The first-order chi connectivity index (χ1) is 8.54. The van der Waals surface area contributed by atoms with Crippen LogP contribution in [0.2, 0.25) is 0 Å². The van der Waals surface area contributed by atoms with Crippen LogP contribution in [-0.4, -0.2) is 42.6 Å². The van der Waals surface area contributed by atoms with Crippen LogP contribution in [0.1, 0.15) is 19.8 Å². The normalized spacial score (nSPS) is 20.8. The number of carbonyl (C=O) groups is 2. The maximum absolute atomic E-state index is 10.7. The van der Waals surface area contributed by atoms with E-state index in [1.54, 1.807) is 18.0 Å². The van der Waals surface area contributed by atoms with E-state index in [-0.39, 0.29) is 18.0 Å². The average Bonchev–Trinajstić information content (AvgIpc) is 3.08. The number of likely N-dealkylation sites (tertiary alicyclic amines) is 1. The molecule has 1 atom stereocenters. The first-order valence-corrected chi connectivity index (χ1v) is 5.91. The third kappa shape index (κ3) is 5.14. The molecule has 0 spiro atoms. The summed E-state index contributed by atoms with van der Waals surface area (Å²) in [6.07, 6.45) is 3.43. The highest BCUT2D eigenvalue weighted by atomic mass is 16.6. The van der Waals surface area contributed by atoms with Crippen molar-refractivity contribution >= 4 is 11.9 Å². The summed E-state index contributed by atoms with van der Waals surface area (Å²) >= 11 is 0. The van der Waals surface area contributed by atoms with E-state index in [2.05, 4.69) is 13.2 Å². The molecule has 2 fully saturated rings. The van der Waals surface area contributed by atoms with Gasteiger partial charge in [0.15, 0.2) is 0 Å². The van der Waals surface area contributed by atoms with Crippen LogP contribution in [0.4, 0.5) is 0 Å². The first-order valence-electron chi connectivity index (χ1n) is 5.91. The van der Waals surface area contributed by atoms with Gasteiger partial charge in [0.2, 0.25) is 5.91 Å². The fraction of sp³-hybridized carbons (Fsp3) is 0.538. The zero-order valence-corrected chi connectivity index (χ0v) is 10.7. The third-order valence-electron chi connectivity index (χ3n) is 2.48. The highest BCUT2D eigenvalue weighted by molar-refractivity contribution is 5.86. The number of nitrogens with zero attached hydrogens (tertiary/aromatic N) is 1. The molecule has 0 aliphatic carbocycles. The van der Waals surface area contributed by atoms with Gasteiger partial charge in [0.25, 0.3) is 0 Å². The number of ether oxygens (including phenoxy) is 2. The Bertz CT molecular complexity index is 347. The van der Waals surface area contributed by atoms with Crippen molar-refractivity contribution in [2.75, 3.05) is 19.8 Å². The minimum Gasteiger partial charge on any atom is -0.459 e. The lowest BCUT2D eigenvalue weighted by Crippen LogP contribution is -2.16. The summed E-state index contributed by atoms with van der Waals surface area (Å²) in [6.45, 7) is 10.5. The second-order valence-electron chi connectivity index (χ2n) is 4.21. The van der Waals surface area contributed by atoms with E-state index >= 15 is 0 Å². The third-order valence-corrected chi connectivity index (χ3v) is 2.48. The van der Waals surface area contributed by atoms with Gasteiger partial charge in [-0.05, 0) is 19.5 Å². The number of amides is 1. The lowest BCUT2D eigenvalue weighted by Gasteiger charge is -2.05. The first kappa shape index (κ1) is 14.4. The Kier molecular flexibility index (Phi) is 5.58. The minimum atomic E-state index is -0.337. The van der Waals surface area contributed by atoms with Crippen LogP contribution in [0.3, 0.4) is 0 Å². The Balaban J connectivity index is 0.000000184. The van der Waals surface area contributed by atoms with Gasteiger partial charge in [-0.3, -0.25) is 4.79 Å². The Morgan fingerprint density at radius 1 is 1.67 bits per heavy atom. The zero-order valence-electron chi connectivity index (χ0n) is 10.7. The van der Waals surface area contributed by atoms with E-state index in [1.807, 2.05) is 0 Å². The number of hydrogen-bond acceptors (Lipinski definition) is 4. The Hall–Kier alpha value is -1.62. The smallest absolute Gasteiger partial charge is 0.333 e. The van der Waals surface area contributed by atoms with Crippen LogP contribution in [0, 0.1) is 0 Å². The van der Waals surface area contributed by atoms with Gasteiger partial charge < -0.3 is 14.4 Å². The van der Waals surface area contributed by atoms with Crippen molar-refractivity contribution in [1.82, 2.24) is 4.90 Å². The predicted molar refractivity (Wildman–Crippen MR) is 66.7 cm³/mol. The average molecular weight is 253 g/mol. The lowest BCUT2D eigenvalue weighted by atomic mass is 10.4. The van der Waals surface area contributed by atoms with E-state index in [0.717, 1.165) is 13.0 Å². The van der Waals surface area contributed by atoms with E-state index in [4.69, 9.17) is 9.47 Å². The molecule has 0 aromatic carbocycles. The number of rotatable bonds is 4. The topological polar surface area (TPSA) is 59.1 Å². The van der Waals surface area contributed by atoms with Crippen LogP contribution in [-0.2, 0) is 19.1 Å². The fourth-order valence-corrected chi connectivity index (χ4v) is 1.32. The van der Waals surface area contributed by atoms with Crippen molar-refractivity contribution in [2.45, 2.75) is 25.9 Å². The maximum Gasteiger partial charge on any atom is 0.333 e. The molecular formula is C13H19NO4. The summed E-state index contributed by atoms with van der Waals surface area (Å²) < 4.78 is 9.60. The van der Waals surface area contributed by atoms with Crippen molar-refractivity contribution in [1.29, 1.82) is 0 Å². The molecule has 100 valence electrons. The van der Waals surface area contributed by atoms with Crippen LogP contribution < -0.4 is 0 Å². The van der Waals surface area contributed by atoms with Gasteiger partial charge in [0.1, 0.15) is 12.7 Å². The molecule has 2 rings (SSSR count). The van der Waals surface area contributed by atoms with E-state index in [9.17, 15) is 9.59 Å². The molecule has 2 heterocycles. The lowest BCUT2D eigenvalue weighted by molar-refractivity contribution is -0.139. The van der Waals surface area contributed by atoms with Crippen molar-refractivity contribution < 1.29 is 19.1 Å². The molecule has 1 amide bonds. The predicted octanol–water partition coefficient (Wildman–Crippen LogP) is 1.26. The maximum atomic E-state index is 10.7. The molecule has 2 saturated heterocycles. The summed E-state index contributed by atoms with van der Waals surface area (Å²) in [7, 11) is 0. The van der Waals surface area contributed by atoms with Crippen molar-refractivity contribution in [3.05, 3.63) is 24.9 Å². The van der Waals surface area contributed by atoms with Gasteiger partial charge >= 0.3 is 5.97 Å². The molecular weight excluding hydrogens is 234 g/mol. The SMILES string of the molecule is C=C(C)C(=O)OCC1CO1.C=CN1CCCC1=O. The Morgan fingerprint density at radius 3 is 2.67 bits per heavy atom. The summed E-state index contributed by atoms with van der Waals surface area (Å²) in [6, 6.07) is 0. The second kappa shape index (κ2) is 6.96. The van der Waals surface area contributed by atoms with Gasteiger partial charge in [-0.2, -0.15) is 0 Å². The fourth-order valence-electron chi connectivity index (χ4n) is 1.32. The molecule has 2 aliphatic rings. The van der Waals surface area contributed by atoms with Gasteiger partial charge in [-0.25, -0.2) is 4.79 Å². The van der Waals surface area contributed by atoms with Crippen molar-refractivity contribution in [2.24, 2.45) is 0 Å². The molecule has 18 heavy (non-hydrogen) atoms. The summed E-state index contributed by atoms with van der Waals surface area (Å²) in [5.74, 6) is -0.129. The molecule has 0 aromatic rings.